The van der Waals surface area contributed by atoms with E-state index in [2.05, 4.69) is 31.7 Å². The van der Waals surface area contributed by atoms with Gasteiger partial charge in [0.2, 0.25) is 0 Å². The summed E-state index contributed by atoms with van der Waals surface area (Å²) in [5.41, 5.74) is -1.51. The summed E-state index contributed by atoms with van der Waals surface area (Å²) in [4.78, 5) is 29.8. The summed E-state index contributed by atoms with van der Waals surface area (Å²) in [6.07, 6.45) is 12.5. The molecule has 0 radical (unpaired) electrons. The van der Waals surface area contributed by atoms with Crippen molar-refractivity contribution in [1.29, 1.82) is 0 Å². The zero-order valence-electron chi connectivity index (χ0n) is 24.0. The normalized spacial score (nSPS) is 47.9. The minimum Gasteiger partial charge on any atom is -0.481 e. The molecular weight excluding hydrogens is 478 g/mol. The fourth-order valence-corrected chi connectivity index (χ4v) is 11.1. The molecule has 0 aromatic heterocycles. The summed E-state index contributed by atoms with van der Waals surface area (Å²) in [7, 11) is 0. The van der Waals surface area contributed by atoms with Crippen LogP contribution in [0.3, 0.4) is 0 Å². The number of aldehydes is 1. The van der Waals surface area contributed by atoms with Gasteiger partial charge < -0.3 is 19.4 Å². The van der Waals surface area contributed by atoms with E-state index in [1.165, 1.54) is 19.3 Å². The van der Waals surface area contributed by atoms with E-state index in [-0.39, 0.29) is 30.1 Å². The largest absolute Gasteiger partial charge is 0.481 e. The summed E-state index contributed by atoms with van der Waals surface area (Å²) in [6, 6.07) is 0. The van der Waals surface area contributed by atoms with Crippen molar-refractivity contribution in [3.05, 3.63) is 11.6 Å². The average molecular weight is 528 g/mol. The van der Waals surface area contributed by atoms with Crippen molar-refractivity contribution in [2.45, 2.75) is 97.8 Å². The van der Waals surface area contributed by atoms with E-state index in [0.717, 1.165) is 63.7 Å². The average Bonchev–Trinajstić information content (AvgIpc) is 3.62. The van der Waals surface area contributed by atoms with Crippen LogP contribution < -0.4 is 0 Å². The maximum Gasteiger partial charge on any atom is 0.315 e. The SMILES string of the molecule is CCOCC[C@@H]1C[C@H](C23C[C@@H]4[C@H](C)CC[C@H]4C4(C=O)CC2C=C(C(C)C)C43C(=O)O)OC1N1CCCCC1. The van der Waals surface area contributed by atoms with Gasteiger partial charge in [0, 0.05) is 37.6 Å². The van der Waals surface area contributed by atoms with E-state index >= 15 is 0 Å². The van der Waals surface area contributed by atoms with Crippen LogP contribution in [0.25, 0.3) is 0 Å². The fraction of sp³-hybridized carbons (Fsp3) is 0.875. The summed E-state index contributed by atoms with van der Waals surface area (Å²) >= 11 is 0. The highest BCUT2D eigenvalue weighted by Crippen LogP contribution is 2.84. The van der Waals surface area contributed by atoms with Crippen LogP contribution >= 0.6 is 0 Å². The van der Waals surface area contributed by atoms with Crippen molar-refractivity contribution in [2.75, 3.05) is 26.3 Å². The monoisotopic (exact) mass is 527 g/mol. The third kappa shape index (κ3) is 3.29. The predicted octanol–water partition coefficient (Wildman–Crippen LogP) is 5.55. The molecule has 3 saturated carbocycles. The minimum absolute atomic E-state index is 0.0211. The molecule has 38 heavy (non-hydrogen) atoms. The van der Waals surface area contributed by atoms with Crippen LogP contribution in [0.1, 0.15) is 85.5 Å². The summed E-state index contributed by atoms with van der Waals surface area (Å²) in [6.45, 7) is 12.2. The van der Waals surface area contributed by atoms with E-state index < -0.39 is 22.2 Å². The number of aliphatic carboxylic acids is 1. The molecule has 0 aromatic carbocycles. The smallest absolute Gasteiger partial charge is 0.315 e. The molecule has 0 amide bonds. The maximum atomic E-state index is 13.9. The molecule has 0 aromatic rings. The van der Waals surface area contributed by atoms with Gasteiger partial charge in [0.15, 0.2) is 0 Å². The fourth-order valence-electron chi connectivity index (χ4n) is 11.1. The zero-order valence-corrected chi connectivity index (χ0v) is 24.0. The molecule has 5 unspecified atom stereocenters. The molecule has 2 heterocycles. The van der Waals surface area contributed by atoms with Crippen LogP contribution in [0.2, 0.25) is 0 Å². The second kappa shape index (κ2) is 9.69. The Morgan fingerprint density at radius 1 is 1.24 bits per heavy atom. The van der Waals surface area contributed by atoms with Crippen molar-refractivity contribution < 1.29 is 24.2 Å². The Morgan fingerprint density at radius 3 is 2.66 bits per heavy atom. The molecule has 2 saturated heterocycles. The first-order valence-corrected chi connectivity index (χ1v) is 15.7. The highest BCUT2D eigenvalue weighted by atomic mass is 16.5. The lowest BCUT2D eigenvalue weighted by Crippen LogP contribution is -2.65. The Labute approximate surface area is 228 Å². The first-order chi connectivity index (χ1) is 18.3. The molecule has 5 fully saturated rings. The lowest BCUT2D eigenvalue weighted by molar-refractivity contribution is -0.203. The number of likely N-dealkylation sites (tertiary alicyclic amines) is 1. The van der Waals surface area contributed by atoms with Crippen molar-refractivity contribution >= 4 is 12.3 Å². The zero-order chi connectivity index (χ0) is 26.9. The minimum atomic E-state index is -1.16. The Bertz CT molecular complexity index is 973. The van der Waals surface area contributed by atoms with Crippen molar-refractivity contribution in [3.8, 4) is 0 Å². The van der Waals surface area contributed by atoms with Gasteiger partial charge in [-0.05, 0) is 81.5 Å². The number of carbonyl (C=O) groups excluding carboxylic acids is 1. The van der Waals surface area contributed by atoms with Gasteiger partial charge >= 0.3 is 5.97 Å². The van der Waals surface area contributed by atoms with Crippen molar-refractivity contribution in [1.82, 2.24) is 4.90 Å². The third-order valence-corrected chi connectivity index (χ3v) is 12.4. The standard InChI is InChI=1S/C32H49NO5/c1-5-37-14-11-22-15-27(38-28(22)33-12-7-6-8-13-33)31-18-24-21(4)9-10-25(24)30(19-34)17-23(31)16-26(20(2)3)32(30,31)29(35)36/h16,19-25,27-28H,5-15,17-18H2,1-4H3,(H,35,36)/t21-,22-,23?,24-,25-,27-,28?,30?,31?,32?/m1/s1. The number of fused-ring (bicyclic) bond motifs is 2. The van der Waals surface area contributed by atoms with E-state index in [4.69, 9.17) is 9.47 Å². The number of ether oxygens (including phenoxy) is 2. The van der Waals surface area contributed by atoms with E-state index in [1.54, 1.807) is 0 Å². The Hall–Kier alpha value is -1.24. The lowest BCUT2D eigenvalue weighted by atomic mass is 9.41. The molecule has 212 valence electrons. The Morgan fingerprint density at radius 2 is 2.00 bits per heavy atom. The molecule has 4 bridgehead atoms. The molecule has 6 heteroatoms. The number of hydrogen-bond acceptors (Lipinski definition) is 5. The van der Waals surface area contributed by atoms with Crippen molar-refractivity contribution in [2.24, 2.45) is 51.8 Å². The van der Waals surface area contributed by atoms with Gasteiger partial charge in [0.05, 0.1) is 11.5 Å². The van der Waals surface area contributed by atoms with Crippen LogP contribution in [0.4, 0.5) is 0 Å². The van der Waals surface area contributed by atoms with Crippen LogP contribution in [-0.4, -0.2) is 60.9 Å². The molecule has 6 rings (SSSR count). The molecule has 4 aliphatic carbocycles. The van der Waals surface area contributed by atoms with E-state index in [0.29, 0.717) is 30.8 Å². The maximum absolute atomic E-state index is 13.9. The van der Waals surface area contributed by atoms with Crippen LogP contribution in [-0.2, 0) is 19.1 Å². The molecule has 0 spiro atoms. The number of carbonyl (C=O) groups is 2. The predicted molar refractivity (Wildman–Crippen MR) is 145 cm³/mol. The number of nitrogens with zero attached hydrogens (tertiary/aromatic N) is 1. The van der Waals surface area contributed by atoms with Gasteiger partial charge in [-0.3, -0.25) is 9.69 Å². The Balaban J connectivity index is 1.46. The van der Waals surface area contributed by atoms with Gasteiger partial charge in [0.1, 0.15) is 17.9 Å². The van der Waals surface area contributed by atoms with Gasteiger partial charge in [0.25, 0.3) is 0 Å². The Kier molecular flexibility index (Phi) is 6.88. The molecule has 10 atom stereocenters. The number of carboxylic acids is 1. The third-order valence-electron chi connectivity index (χ3n) is 12.4. The number of allylic oxidation sites excluding steroid dienone is 1. The van der Waals surface area contributed by atoms with Crippen LogP contribution in [0.5, 0.6) is 0 Å². The van der Waals surface area contributed by atoms with Crippen LogP contribution in [0.15, 0.2) is 11.6 Å². The number of hydrogen-bond donors (Lipinski definition) is 1. The first kappa shape index (κ1) is 27.0. The highest BCUT2D eigenvalue weighted by Gasteiger charge is 2.86. The second-order valence-electron chi connectivity index (χ2n) is 14.0. The summed E-state index contributed by atoms with van der Waals surface area (Å²) < 4.78 is 13.0. The molecule has 2 aliphatic heterocycles. The van der Waals surface area contributed by atoms with Crippen LogP contribution in [0, 0.1) is 51.8 Å². The number of rotatable bonds is 9. The number of piperidine rings is 1. The van der Waals surface area contributed by atoms with E-state index in [9.17, 15) is 14.7 Å². The molecular formula is C32H49NO5. The number of carboxylic acid groups (broad SMARTS) is 1. The van der Waals surface area contributed by atoms with Gasteiger partial charge in [-0.15, -0.1) is 0 Å². The second-order valence-corrected chi connectivity index (χ2v) is 14.0. The molecule has 6 nitrogen and oxygen atoms in total. The van der Waals surface area contributed by atoms with Gasteiger partial charge in [-0.1, -0.05) is 45.3 Å². The molecule has 1 N–H and O–H groups in total. The topological polar surface area (TPSA) is 76.1 Å². The van der Waals surface area contributed by atoms with Gasteiger partial charge in [-0.2, -0.15) is 0 Å². The van der Waals surface area contributed by atoms with Crippen molar-refractivity contribution in [3.63, 3.8) is 0 Å². The first-order valence-electron chi connectivity index (χ1n) is 15.7. The van der Waals surface area contributed by atoms with E-state index in [1.807, 2.05) is 6.92 Å². The lowest BCUT2D eigenvalue weighted by Gasteiger charge is -2.60. The quantitative estimate of drug-likeness (QED) is 0.241. The van der Waals surface area contributed by atoms with Gasteiger partial charge in [-0.25, -0.2) is 0 Å². The highest BCUT2D eigenvalue weighted by molar-refractivity contribution is 5.90. The molecule has 6 aliphatic rings. The summed E-state index contributed by atoms with van der Waals surface area (Å²) in [5.74, 6) is 0.847. The summed E-state index contributed by atoms with van der Waals surface area (Å²) in [5, 5.41) is 11.4.